The molecule has 2 aromatic heterocycles. The number of aryl methyl sites for hydroxylation is 1. The molecule has 0 fully saturated rings. The van der Waals surface area contributed by atoms with Gasteiger partial charge in [-0.3, -0.25) is 0 Å². The molecule has 8 aromatic carbocycles. The normalized spacial score (nSPS) is 11.4. The molecule has 10 heteroatoms. The van der Waals surface area contributed by atoms with E-state index in [2.05, 4.69) is 181 Å². The van der Waals surface area contributed by atoms with Gasteiger partial charge in [-0.1, -0.05) is 130 Å². The summed E-state index contributed by atoms with van der Waals surface area (Å²) < 4.78 is 5.99. The molecule has 0 N–H and O–H groups in total. The second kappa shape index (κ2) is 19.7. The number of hydrogen-bond acceptors (Lipinski definition) is 6. The molecule has 0 atom stereocenters. The molecular formula is C59H53N9O. The molecule has 0 radical (unpaired) electrons. The van der Waals surface area contributed by atoms with Crippen LogP contribution in [0.2, 0.25) is 0 Å². The summed E-state index contributed by atoms with van der Waals surface area (Å²) in [6, 6.07) is 66.5. The van der Waals surface area contributed by atoms with Gasteiger partial charge in [-0.15, -0.1) is 0 Å². The molecule has 0 aliphatic heterocycles. The number of hydrogen-bond donors (Lipinski definition) is 0. The number of unbranched alkanes of at least 4 members (excludes halogenated alkanes) is 2. The Balaban J connectivity index is 1.07. The molecule has 0 spiro atoms. The van der Waals surface area contributed by atoms with E-state index in [1.54, 1.807) is 12.1 Å². The minimum absolute atomic E-state index is 0.0717. The Morgan fingerprint density at radius 3 is 1.45 bits per heavy atom. The molecule has 10 aromatic rings. The van der Waals surface area contributed by atoms with Crippen molar-refractivity contribution in [2.45, 2.75) is 53.1 Å². The number of anilines is 6. The van der Waals surface area contributed by atoms with Gasteiger partial charge in [-0.25, -0.2) is 4.85 Å². The number of rotatable bonds is 16. The summed E-state index contributed by atoms with van der Waals surface area (Å²) in [6.45, 7) is 15.7. The van der Waals surface area contributed by atoms with Crippen LogP contribution in [-0.4, -0.2) is 26.7 Å². The average molecular weight is 904 g/mol. The van der Waals surface area contributed by atoms with Gasteiger partial charge in [0, 0.05) is 61.7 Å². The largest absolute Gasteiger partial charge is 0.494 e. The van der Waals surface area contributed by atoms with Crippen LogP contribution in [0.1, 0.15) is 40.0 Å². The first-order chi connectivity index (χ1) is 33.8. The second-order valence-corrected chi connectivity index (χ2v) is 18.4. The summed E-state index contributed by atoms with van der Waals surface area (Å²) in [7, 11) is 0. The fourth-order valence-electron chi connectivity index (χ4n) is 8.83. The lowest BCUT2D eigenvalue weighted by atomic mass is 9.95. The number of benzene rings is 8. The summed E-state index contributed by atoms with van der Waals surface area (Å²) in [5.41, 5.74) is 13.8. The fourth-order valence-corrected chi connectivity index (χ4v) is 8.83. The molecule has 10 rings (SSSR count). The SMILES string of the molecule is [C-]#[N+]c1ccc(OCCCCCn2nc3c(-c4ccc(N(c5ccccc5)c5ccccc5)cc4)c4n[n+](CC(C)(C)C)[n-]c4c(-c4ccc(N(c5ccccc5)c5ccccc5)cc4)c3n2)cc1. The molecular weight excluding hydrogens is 851 g/mol. The molecule has 0 aliphatic carbocycles. The van der Waals surface area contributed by atoms with Gasteiger partial charge in [0.1, 0.15) is 16.8 Å². The van der Waals surface area contributed by atoms with Crippen LogP contribution in [0.15, 0.2) is 194 Å². The first kappa shape index (κ1) is 44.3. The maximum Gasteiger partial charge on any atom is 0.187 e. The van der Waals surface area contributed by atoms with Crippen LogP contribution < -0.4 is 24.4 Å². The van der Waals surface area contributed by atoms with Crippen molar-refractivity contribution in [1.82, 2.24) is 25.2 Å². The van der Waals surface area contributed by atoms with Gasteiger partial charge in [-0.05, 0) is 115 Å². The van der Waals surface area contributed by atoms with E-state index < -0.39 is 0 Å². The summed E-state index contributed by atoms with van der Waals surface area (Å²) in [5.74, 6) is 0.772. The number of fused-ring (bicyclic) bond motifs is 2. The van der Waals surface area contributed by atoms with Crippen LogP contribution in [0.5, 0.6) is 5.75 Å². The van der Waals surface area contributed by atoms with E-state index in [0.29, 0.717) is 25.4 Å². The lowest BCUT2D eigenvalue weighted by Gasteiger charge is -2.25. The first-order valence-corrected chi connectivity index (χ1v) is 23.6. The minimum Gasteiger partial charge on any atom is -0.494 e. The fraction of sp³-hybridized carbons (Fsp3) is 0.169. The van der Waals surface area contributed by atoms with Crippen molar-refractivity contribution >= 4 is 61.9 Å². The molecule has 0 unspecified atom stereocenters. The van der Waals surface area contributed by atoms with Crippen molar-refractivity contribution in [2.75, 3.05) is 16.4 Å². The van der Waals surface area contributed by atoms with Crippen molar-refractivity contribution in [2.24, 2.45) is 5.41 Å². The van der Waals surface area contributed by atoms with Gasteiger partial charge >= 0.3 is 0 Å². The van der Waals surface area contributed by atoms with Crippen molar-refractivity contribution in [3.8, 4) is 28.0 Å². The van der Waals surface area contributed by atoms with E-state index in [1.165, 1.54) is 0 Å². The Morgan fingerprint density at radius 1 is 0.536 bits per heavy atom. The Labute approximate surface area is 403 Å². The van der Waals surface area contributed by atoms with E-state index in [1.807, 2.05) is 46.0 Å². The zero-order chi connectivity index (χ0) is 47.2. The lowest BCUT2D eigenvalue weighted by molar-refractivity contribution is -0.813. The summed E-state index contributed by atoms with van der Waals surface area (Å²) >= 11 is 0. The van der Waals surface area contributed by atoms with Crippen LogP contribution in [-0.2, 0) is 13.1 Å². The monoisotopic (exact) mass is 903 g/mol. The van der Waals surface area contributed by atoms with Crippen LogP contribution in [0, 0.1) is 12.0 Å². The van der Waals surface area contributed by atoms with Crippen LogP contribution in [0.3, 0.4) is 0 Å². The molecule has 0 bridgehead atoms. The average Bonchev–Trinajstić information content (AvgIpc) is 3.99. The quantitative estimate of drug-likeness (QED) is 0.0543. The number of ether oxygens (including phenoxy) is 1. The predicted molar refractivity (Wildman–Crippen MR) is 278 cm³/mol. The molecule has 0 saturated carbocycles. The standard InChI is InChI=1S/C59H53N9O/c1-59(2,3)42-66-63-57-53(43-28-34-50(35-29-43)67(46-20-10-5-11-21-46)47-22-12-6-13-23-47)55-56(62-65(61-55)40-18-9-19-41-69-52-38-32-45(60-4)33-39-52)54(58(57)64-66)44-30-36-51(37-31-44)68(48-24-14-7-15-25-48)49-26-16-8-17-27-49/h5-8,10-17,20-39H,9,18-19,40-42H2,1-3H3. The van der Waals surface area contributed by atoms with E-state index in [0.717, 1.165) is 103 Å². The lowest BCUT2D eigenvalue weighted by Crippen LogP contribution is -2.45. The second-order valence-electron chi connectivity index (χ2n) is 18.4. The van der Waals surface area contributed by atoms with Gasteiger partial charge in [-0.2, -0.15) is 30.0 Å². The Bertz CT molecular complexity index is 3060. The Morgan fingerprint density at radius 2 is 0.986 bits per heavy atom. The highest BCUT2D eigenvalue weighted by Crippen LogP contribution is 2.43. The molecule has 0 saturated heterocycles. The maximum absolute atomic E-state index is 7.23. The molecule has 69 heavy (non-hydrogen) atoms. The van der Waals surface area contributed by atoms with Crippen molar-refractivity contribution in [3.63, 3.8) is 0 Å². The van der Waals surface area contributed by atoms with E-state index in [-0.39, 0.29) is 5.41 Å². The van der Waals surface area contributed by atoms with Crippen LogP contribution in [0.25, 0.3) is 49.2 Å². The van der Waals surface area contributed by atoms with Crippen LogP contribution in [0.4, 0.5) is 39.8 Å². The Kier molecular flexibility index (Phi) is 12.7. The summed E-state index contributed by atoms with van der Waals surface area (Å²) in [4.78, 5) is 11.7. The highest BCUT2D eigenvalue weighted by Gasteiger charge is 2.25. The molecule has 10 nitrogen and oxygen atoms in total. The molecule has 0 amide bonds. The third kappa shape index (κ3) is 9.81. The predicted octanol–water partition coefficient (Wildman–Crippen LogP) is 14.3. The summed E-state index contributed by atoms with van der Waals surface area (Å²) in [6.07, 6.45) is 2.68. The third-order valence-corrected chi connectivity index (χ3v) is 12.0. The molecule has 2 heterocycles. The van der Waals surface area contributed by atoms with Crippen molar-refractivity contribution in [1.29, 1.82) is 0 Å². The van der Waals surface area contributed by atoms with Gasteiger partial charge < -0.3 is 14.5 Å². The van der Waals surface area contributed by atoms with E-state index >= 15 is 0 Å². The zero-order valence-electron chi connectivity index (χ0n) is 39.2. The highest BCUT2D eigenvalue weighted by molar-refractivity contribution is 6.16. The van der Waals surface area contributed by atoms with Crippen molar-refractivity contribution < 1.29 is 9.53 Å². The maximum atomic E-state index is 7.23. The van der Waals surface area contributed by atoms with Gasteiger partial charge in [0.05, 0.1) is 19.7 Å². The number of nitrogens with zero attached hydrogens (tertiary/aromatic N) is 9. The number of aromatic nitrogens is 6. The van der Waals surface area contributed by atoms with E-state index in [4.69, 9.17) is 31.7 Å². The number of para-hydroxylation sites is 4. The third-order valence-electron chi connectivity index (χ3n) is 12.0. The minimum atomic E-state index is -0.0717. The van der Waals surface area contributed by atoms with Crippen LogP contribution >= 0.6 is 0 Å². The smallest absolute Gasteiger partial charge is 0.187 e. The Hall–Kier alpha value is -8.55. The van der Waals surface area contributed by atoms with Crippen molar-refractivity contribution in [3.05, 3.63) is 206 Å². The highest BCUT2D eigenvalue weighted by atomic mass is 16.5. The first-order valence-electron chi connectivity index (χ1n) is 23.6. The van der Waals surface area contributed by atoms with E-state index in [9.17, 15) is 0 Å². The topological polar surface area (TPSA) is 81.7 Å². The van der Waals surface area contributed by atoms with Gasteiger partial charge in [0.2, 0.25) is 0 Å². The summed E-state index contributed by atoms with van der Waals surface area (Å²) in [5, 5.41) is 21.3. The van der Waals surface area contributed by atoms with Gasteiger partial charge in [0.25, 0.3) is 0 Å². The zero-order valence-corrected chi connectivity index (χ0v) is 39.2. The van der Waals surface area contributed by atoms with Gasteiger partial charge in [0.15, 0.2) is 12.2 Å². The molecule has 0 aliphatic rings. The molecule has 340 valence electrons.